The molecule has 0 spiro atoms. The van der Waals surface area contributed by atoms with Gasteiger partial charge in [0.1, 0.15) is 6.04 Å². The van der Waals surface area contributed by atoms with Crippen molar-refractivity contribution in [1.82, 2.24) is 4.90 Å². The fourth-order valence-electron chi connectivity index (χ4n) is 2.13. The van der Waals surface area contributed by atoms with Crippen LogP contribution in [-0.4, -0.2) is 39.2 Å². The number of halogens is 2. The number of anilines is 1. The largest absolute Gasteiger partial charge is 0.480 e. The van der Waals surface area contributed by atoms with E-state index in [0.717, 1.165) is 14.5 Å². The highest BCUT2D eigenvalue weighted by atomic mass is 79.9. The van der Waals surface area contributed by atoms with Gasteiger partial charge in [-0.3, -0.25) is 4.90 Å². The van der Waals surface area contributed by atoms with Gasteiger partial charge in [-0.1, -0.05) is 0 Å². The van der Waals surface area contributed by atoms with Crippen molar-refractivity contribution >= 4 is 61.3 Å². The lowest BCUT2D eigenvalue weighted by Gasteiger charge is -2.25. The molecule has 2 N–H and O–H groups in total. The second-order valence-corrected chi connectivity index (χ2v) is 7.79. The number of rotatable bonds is 2. The Labute approximate surface area is 143 Å². The summed E-state index contributed by atoms with van der Waals surface area (Å²) in [6, 6.07) is 2.56. The Kier molecular flexibility index (Phi) is 5.21. The Morgan fingerprint density at radius 1 is 1.38 bits per heavy atom. The molecule has 21 heavy (non-hydrogen) atoms. The van der Waals surface area contributed by atoms with Gasteiger partial charge in [0, 0.05) is 14.7 Å². The number of thioether (sulfide) groups is 1. The lowest BCUT2D eigenvalue weighted by Crippen LogP contribution is -2.46. The van der Waals surface area contributed by atoms with Gasteiger partial charge >= 0.3 is 12.0 Å². The number of aliphatic carboxylic acids is 1. The number of carbonyl (C=O) groups is 2. The molecule has 0 bridgehead atoms. The van der Waals surface area contributed by atoms with E-state index in [1.54, 1.807) is 0 Å². The van der Waals surface area contributed by atoms with Crippen LogP contribution in [0.25, 0.3) is 0 Å². The first-order valence-corrected chi connectivity index (χ1v) is 8.84. The molecule has 2 amide bonds. The fraction of sp³-hybridized carbons (Fsp3) is 0.385. The summed E-state index contributed by atoms with van der Waals surface area (Å²) in [5.74, 6) is -0.579. The molecule has 1 aromatic carbocycles. The zero-order valence-corrected chi connectivity index (χ0v) is 15.4. The summed E-state index contributed by atoms with van der Waals surface area (Å²) in [4.78, 5) is 25.0. The van der Waals surface area contributed by atoms with Gasteiger partial charge in [0.25, 0.3) is 0 Å². The summed E-state index contributed by atoms with van der Waals surface area (Å²) in [5, 5.41) is 11.8. The van der Waals surface area contributed by atoms with Gasteiger partial charge in [-0.2, -0.15) is 0 Å². The van der Waals surface area contributed by atoms with Crippen molar-refractivity contribution < 1.29 is 14.7 Å². The zero-order valence-electron chi connectivity index (χ0n) is 11.4. The molecular formula is C13H14Br2N2O3S. The molecule has 1 aromatic rings. The van der Waals surface area contributed by atoms with E-state index < -0.39 is 18.0 Å². The molecular weight excluding hydrogens is 424 g/mol. The van der Waals surface area contributed by atoms with E-state index in [1.807, 2.05) is 26.0 Å². The van der Waals surface area contributed by atoms with Gasteiger partial charge in [0.05, 0.1) is 11.1 Å². The van der Waals surface area contributed by atoms with Crippen molar-refractivity contribution in [2.45, 2.75) is 25.3 Å². The highest BCUT2D eigenvalue weighted by Crippen LogP contribution is 2.34. The number of amides is 2. The number of urea groups is 1. The first-order valence-electron chi connectivity index (χ1n) is 6.20. The molecule has 1 saturated heterocycles. The van der Waals surface area contributed by atoms with Crippen molar-refractivity contribution in [3.8, 4) is 0 Å². The minimum atomic E-state index is -0.982. The summed E-state index contributed by atoms with van der Waals surface area (Å²) in [6.07, 6.45) is 0. The first-order chi connectivity index (χ1) is 9.81. The number of hydrogen-bond donors (Lipinski definition) is 2. The van der Waals surface area contributed by atoms with Gasteiger partial charge in [-0.15, -0.1) is 11.8 Å². The molecule has 1 aliphatic rings. The lowest BCUT2D eigenvalue weighted by molar-refractivity contribution is -0.141. The smallest absolute Gasteiger partial charge is 0.327 e. The molecule has 114 valence electrons. The summed E-state index contributed by atoms with van der Waals surface area (Å²) in [5.41, 5.74) is 1.64. The molecule has 1 fully saturated rings. The zero-order chi connectivity index (χ0) is 15.7. The van der Waals surface area contributed by atoms with E-state index in [4.69, 9.17) is 0 Å². The number of aryl methyl sites for hydroxylation is 1. The minimum Gasteiger partial charge on any atom is -0.480 e. The van der Waals surface area contributed by atoms with Crippen molar-refractivity contribution in [2.75, 3.05) is 11.1 Å². The minimum absolute atomic E-state index is 0.172. The van der Waals surface area contributed by atoms with Gasteiger partial charge in [-0.05, 0) is 63.4 Å². The van der Waals surface area contributed by atoms with Crippen LogP contribution in [-0.2, 0) is 4.79 Å². The highest BCUT2D eigenvalue weighted by molar-refractivity contribution is 9.11. The maximum Gasteiger partial charge on any atom is 0.327 e. The summed E-state index contributed by atoms with van der Waals surface area (Å²) >= 11 is 8.27. The number of carboxylic acids is 1. The third kappa shape index (κ3) is 3.54. The summed E-state index contributed by atoms with van der Waals surface area (Å²) in [7, 11) is 0. The Morgan fingerprint density at radius 2 is 1.95 bits per heavy atom. The normalized spacial score (nSPS) is 21.4. The van der Waals surface area contributed by atoms with Crippen LogP contribution in [0.3, 0.4) is 0 Å². The second kappa shape index (κ2) is 6.58. The SMILES string of the molecule is Cc1cc(Br)c(NC(=O)N2C(C)SCC2C(=O)O)c(Br)c1. The van der Waals surface area contributed by atoms with Crippen LogP contribution in [0, 0.1) is 6.92 Å². The van der Waals surface area contributed by atoms with E-state index in [9.17, 15) is 14.7 Å². The number of nitrogens with zero attached hydrogens (tertiary/aromatic N) is 1. The second-order valence-electron chi connectivity index (χ2n) is 4.73. The van der Waals surface area contributed by atoms with Crippen LogP contribution < -0.4 is 5.32 Å². The van der Waals surface area contributed by atoms with Gasteiger partial charge in [-0.25, -0.2) is 9.59 Å². The van der Waals surface area contributed by atoms with Gasteiger partial charge in [0.2, 0.25) is 0 Å². The van der Waals surface area contributed by atoms with Crippen molar-refractivity contribution in [3.63, 3.8) is 0 Å². The van der Waals surface area contributed by atoms with Crippen LogP contribution in [0.15, 0.2) is 21.1 Å². The van der Waals surface area contributed by atoms with Crippen molar-refractivity contribution in [2.24, 2.45) is 0 Å². The van der Waals surface area contributed by atoms with Crippen LogP contribution in [0.1, 0.15) is 12.5 Å². The molecule has 1 heterocycles. The molecule has 0 aliphatic carbocycles. The Morgan fingerprint density at radius 3 is 2.48 bits per heavy atom. The van der Waals surface area contributed by atoms with E-state index >= 15 is 0 Å². The Hall–Kier alpha value is -0.730. The van der Waals surface area contributed by atoms with E-state index in [-0.39, 0.29) is 5.37 Å². The number of hydrogen-bond acceptors (Lipinski definition) is 3. The van der Waals surface area contributed by atoms with Crippen molar-refractivity contribution in [3.05, 3.63) is 26.6 Å². The molecule has 0 radical (unpaired) electrons. The summed E-state index contributed by atoms with van der Waals surface area (Å²) < 4.78 is 1.49. The van der Waals surface area contributed by atoms with Crippen molar-refractivity contribution in [1.29, 1.82) is 0 Å². The molecule has 2 atom stereocenters. The predicted octanol–water partition coefficient (Wildman–Crippen LogP) is 3.90. The highest BCUT2D eigenvalue weighted by Gasteiger charge is 2.39. The monoisotopic (exact) mass is 436 g/mol. The Bertz CT molecular complexity index is 574. The standard InChI is InChI=1S/C13H14Br2N2O3S/c1-6-3-8(14)11(9(15)4-6)16-13(20)17-7(2)21-5-10(17)12(18)19/h3-4,7,10H,5H2,1-2H3,(H,16,20)(H,18,19). The molecule has 5 nitrogen and oxygen atoms in total. The third-order valence-corrected chi connectivity index (χ3v) is 5.63. The topological polar surface area (TPSA) is 69.6 Å². The Balaban J connectivity index is 2.23. The van der Waals surface area contributed by atoms with Gasteiger partial charge < -0.3 is 10.4 Å². The lowest BCUT2D eigenvalue weighted by atomic mass is 10.2. The number of benzene rings is 1. The molecule has 2 unspecified atom stereocenters. The van der Waals surface area contributed by atoms with Crippen LogP contribution in [0.5, 0.6) is 0 Å². The fourth-order valence-corrected chi connectivity index (χ4v) is 4.91. The average Bonchev–Trinajstić information content (AvgIpc) is 2.75. The molecule has 8 heteroatoms. The van der Waals surface area contributed by atoms with E-state index in [0.29, 0.717) is 11.4 Å². The number of carbonyl (C=O) groups excluding carboxylic acids is 1. The quantitative estimate of drug-likeness (QED) is 0.736. The average molecular weight is 438 g/mol. The first kappa shape index (κ1) is 16.6. The number of carboxylic acid groups (broad SMARTS) is 1. The van der Waals surface area contributed by atoms with Gasteiger partial charge in [0.15, 0.2) is 0 Å². The van der Waals surface area contributed by atoms with E-state index in [1.165, 1.54) is 16.7 Å². The molecule has 1 aliphatic heterocycles. The molecule has 0 aromatic heterocycles. The molecule has 2 rings (SSSR count). The maximum atomic E-state index is 12.4. The summed E-state index contributed by atoms with van der Waals surface area (Å²) in [6.45, 7) is 3.77. The van der Waals surface area contributed by atoms with Crippen LogP contribution >= 0.6 is 43.6 Å². The van der Waals surface area contributed by atoms with E-state index in [2.05, 4.69) is 37.2 Å². The molecule has 0 saturated carbocycles. The maximum absolute atomic E-state index is 12.4. The predicted molar refractivity (Wildman–Crippen MR) is 90.8 cm³/mol. The third-order valence-electron chi connectivity index (χ3n) is 3.16. The van der Waals surface area contributed by atoms with Crippen LogP contribution in [0.4, 0.5) is 10.5 Å². The number of nitrogens with one attached hydrogen (secondary N) is 1. The van der Waals surface area contributed by atoms with Crippen LogP contribution in [0.2, 0.25) is 0 Å².